The van der Waals surface area contributed by atoms with Crippen LogP contribution in [0.3, 0.4) is 0 Å². The summed E-state index contributed by atoms with van der Waals surface area (Å²) in [4.78, 5) is 4.52. The monoisotopic (exact) mass is 212 g/mol. The summed E-state index contributed by atoms with van der Waals surface area (Å²) in [7, 11) is 0. The van der Waals surface area contributed by atoms with Gasteiger partial charge in [-0.05, 0) is 31.6 Å². The van der Waals surface area contributed by atoms with Crippen LogP contribution in [0.15, 0.2) is 4.99 Å². The maximum atomic E-state index is 8.88. The molecular formula is C12H24N2O. The highest BCUT2D eigenvalue weighted by Crippen LogP contribution is 2.07. The van der Waals surface area contributed by atoms with Crippen LogP contribution in [0.4, 0.5) is 0 Å². The minimum atomic E-state index is 0.306. The molecule has 0 aliphatic carbocycles. The Labute approximate surface area is 93.0 Å². The topological polar surface area (TPSA) is 44.6 Å². The van der Waals surface area contributed by atoms with Gasteiger partial charge in [0.25, 0.3) is 0 Å². The van der Waals surface area contributed by atoms with Crippen molar-refractivity contribution in [1.82, 2.24) is 5.32 Å². The maximum Gasteiger partial charge on any atom is 0.0963 e. The van der Waals surface area contributed by atoms with Crippen LogP contribution in [0.25, 0.3) is 0 Å². The van der Waals surface area contributed by atoms with Crippen LogP contribution < -0.4 is 5.32 Å². The van der Waals surface area contributed by atoms with Crippen LogP contribution in [0.5, 0.6) is 0 Å². The van der Waals surface area contributed by atoms with Crippen molar-refractivity contribution in [3.63, 3.8) is 0 Å². The molecular weight excluding hydrogens is 188 g/mol. The number of amidine groups is 1. The number of hydrogen-bond acceptors (Lipinski definition) is 3. The van der Waals surface area contributed by atoms with Gasteiger partial charge in [0.1, 0.15) is 0 Å². The van der Waals surface area contributed by atoms with E-state index in [2.05, 4.69) is 17.2 Å². The zero-order valence-corrected chi connectivity index (χ0v) is 9.84. The molecule has 1 heterocycles. The Balaban J connectivity index is 2.05. The molecule has 0 aromatic heterocycles. The zero-order chi connectivity index (χ0) is 10.9. The highest BCUT2D eigenvalue weighted by molar-refractivity contribution is 5.82. The van der Waals surface area contributed by atoms with Gasteiger partial charge in [-0.15, -0.1) is 0 Å². The molecule has 0 saturated heterocycles. The standard InChI is InChI=1S/C12H24N2O/c1-11(10-15)6-5-9-14-12-7-3-2-4-8-13-12/h11,15H,2-10H2,1H3,(H,13,14). The molecule has 0 bridgehead atoms. The van der Waals surface area contributed by atoms with Crippen molar-refractivity contribution in [3.8, 4) is 0 Å². The molecule has 1 atom stereocenters. The number of aliphatic imine (C=N–C) groups is 1. The molecule has 3 nitrogen and oxygen atoms in total. The average molecular weight is 212 g/mol. The lowest BCUT2D eigenvalue weighted by atomic mass is 10.1. The third-order valence-electron chi connectivity index (χ3n) is 2.89. The van der Waals surface area contributed by atoms with Gasteiger partial charge in [0, 0.05) is 26.1 Å². The van der Waals surface area contributed by atoms with Crippen LogP contribution >= 0.6 is 0 Å². The molecule has 1 rings (SSSR count). The van der Waals surface area contributed by atoms with Gasteiger partial charge >= 0.3 is 0 Å². The summed E-state index contributed by atoms with van der Waals surface area (Å²) >= 11 is 0. The largest absolute Gasteiger partial charge is 0.396 e. The predicted molar refractivity (Wildman–Crippen MR) is 64.3 cm³/mol. The molecule has 0 fully saturated rings. The highest BCUT2D eigenvalue weighted by Gasteiger charge is 2.04. The number of aliphatic hydroxyl groups is 1. The Morgan fingerprint density at radius 2 is 2.27 bits per heavy atom. The first-order valence-electron chi connectivity index (χ1n) is 6.21. The SMILES string of the molecule is CC(CO)CCCNC1=NCCCCC1. The van der Waals surface area contributed by atoms with E-state index in [0.717, 1.165) is 32.4 Å². The second-order valence-electron chi connectivity index (χ2n) is 4.50. The van der Waals surface area contributed by atoms with Gasteiger partial charge in [-0.3, -0.25) is 4.99 Å². The summed E-state index contributed by atoms with van der Waals surface area (Å²) in [5.41, 5.74) is 0. The summed E-state index contributed by atoms with van der Waals surface area (Å²) in [6.45, 7) is 4.39. The molecule has 0 aromatic carbocycles. The lowest BCUT2D eigenvalue weighted by Gasteiger charge is -2.10. The molecule has 3 heteroatoms. The number of rotatable bonds is 5. The molecule has 1 unspecified atom stereocenters. The Bertz CT molecular complexity index is 192. The second kappa shape index (κ2) is 7.69. The Morgan fingerprint density at radius 3 is 3.07 bits per heavy atom. The fraction of sp³-hybridized carbons (Fsp3) is 0.917. The van der Waals surface area contributed by atoms with Gasteiger partial charge in [-0.25, -0.2) is 0 Å². The molecule has 0 saturated carbocycles. The van der Waals surface area contributed by atoms with Gasteiger partial charge in [-0.2, -0.15) is 0 Å². The first kappa shape index (κ1) is 12.5. The van der Waals surface area contributed by atoms with E-state index in [4.69, 9.17) is 5.11 Å². The second-order valence-corrected chi connectivity index (χ2v) is 4.50. The average Bonchev–Trinajstić information content (AvgIpc) is 2.52. The summed E-state index contributed by atoms with van der Waals surface area (Å²) in [6.07, 6.45) is 7.18. The minimum absolute atomic E-state index is 0.306. The summed E-state index contributed by atoms with van der Waals surface area (Å²) < 4.78 is 0. The number of hydrogen-bond donors (Lipinski definition) is 2. The molecule has 2 N–H and O–H groups in total. The van der Waals surface area contributed by atoms with E-state index in [9.17, 15) is 0 Å². The Hall–Kier alpha value is -0.570. The fourth-order valence-corrected chi connectivity index (χ4v) is 1.79. The Morgan fingerprint density at radius 1 is 1.40 bits per heavy atom. The zero-order valence-electron chi connectivity index (χ0n) is 9.84. The first-order valence-corrected chi connectivity index (χ1v) is 6.21. The van der Waals surface area contributed by atoms with Crippen LogP contribution in [-0.4, -0.2) is 30.6 Å². The molecule has 1 aliphatic heterocycles. The number of nitrogens with one attached hydrogen (secondary N) is 1. The van der Waals surface area contributed by atoms with Crippen LogP contribution in [-0.2, 0) is 0 Å². The smallest absolute Gasteiger partial charge is 0.0963 e. The van der Waals surface area contributed by atoms with Gasteiger partial charge in [0.2, 0.25) is 0 Å². The van der Waals surface area contributed by atoms with Gasteiger partial charge in [0.05, 0.1) is 5.84 Å². The normalized spacial score (nSPS) is 19.2. The lowest BCUT2D eigenvalue weighted by molar-refractivity contribution is 0.228. The molecule has 0 spiro atoms. The van der Waals surface area contributed by atoms with E-state index in [-0.39, 0.29) is 0 Å². The van der Waals surface area contributed by atoms with E-state index in [1.165, 1.54) is 25.1 Å². The molecule has 0 radical (unpaired) electrons. The van der Waals surface area contributed by atoms with Crippen molar-refractivity contribution >= 4 is 5.84 Å². The van der Waals surface area contributed by atoms with Crippen molar-refractivity contribution in [1.29, 1.82) is 0 Å². The van der Waals surface area contributed by atoms with E-state index in [1.54, 1.807) is 0 Å². The maximum absolute atomic E-state index is 8.88. The van der Waals surface area contributed by atoms with Gasteiger partial charge in [-0.1, -0.05) is 13.3 Å². The van der Waals surface area contributed by atoms with Gasteiger partial charge in [0.15, 0.2) is 0 Å². The molecule has 0 aromatic rings. The van der Waals surface area contributed by atoms with Crippen LogP contribution in [0.1, 0.15) is 45.4 Å². The third-order valence-corrected chi connectivity index (χ3v) is 2.89. The molecule has 88 valence electrons. The molecule has 0 amide bonds. The Kier molecular flexibility index (Phi) is 6.41. The third kappa shape index (κ3) is 5.78. The van der Waals surface area contributed by atoms with E-state index < -0.39 is 0 Å². The first-order chi connectivity index (χ1) is 7.33. The number of aliphatic hydroxyl groups excluding tert-OH is 1. The summed E-state index contributed by atoms with van der Waals surface area (Å²) in [5, 5.41) is 12.3. The highest BCUT2D eigenvalue weighted by atomic mass is 16.3. The van der Waals surface area contributed by atoms with Crippen molar-refractivity contribution in [3.05, 3.63) is 0 Å². The minimum Gasteiger partial charge on any atom is -0.396 e. The van der Waals surface area contributed by atoms with Gasteiger partial charge < -0.3 is 10.4 Å². The number of nitrogens with zero attached hydrogens (tertiary/aromatic N) is 1. The molecule has 15 heavy (non-hydrogen) atoms. The van der Waals surface area contributed by atoms with Crippen molar-refractivity contribution < 1.29 is 5.11 Å². The fourth-order valence-electron chi connectivity index (χ4n) is 1.79. The van der Waals surface area contributed by atoms with Crippen molar-refractivity contribution in [2.45, 2.75) is 45.4 Å². The van der Waals surface area contributed by atoms with Crippen molar-refractivity contribution in [2.75, 3.05) is 19.7 Å². The quantitative estimate of drug-likeness (QED) is 0.684. The van der Waals surface area contributed by atoms with Crippen LogP contribution in [0.2, 0.25) is 0 Å². The molecule has 1 aliphatic rings. The summed E-state index contributed by atoms with van der Waals surface area (Å²) in [5.74, 6) is 1.63. The summed E-state index contributed by atoms with van der Waals surface area (Å²) in [6, 6.07) is 0. The van der Waals surface area contributed by atoms with E-state index in [1.807, 2.05) is 0 Å². The lowest BCUT2D eigenvalue weighted by Crippen LogP contribution is -2.24. The predicted octanol–water partition coefficient (Wildman–Crippen LogP) is 1.96. The van der Waals surface area contributed by atoms with E-state index in [0.29, 0.717) is 12.5 Å². The van der Waals surface area contributed by atoms with Crippen LogP contribution in [0, 0.1) is 5.92 Å². The van der Waals surface area contributed by atoms with E-state index >= 15 is 0 Å². The van der Waals surface area contributed by atoms with Crippen molar-refractivity contribution in [2.24, 2.45) is 10.9 Å².